The molecule has 2 aromatic carbocycles. The Morgan fingerprint density at radius 1 is 1.23 bits per heavy atom. The van der Waals surface area contributed by atoms with E-state index < -0.39 is 13.1 Å². The molecule has 2 aromatic rings. The minimum Gasteiger partial charge on any atom is -0.423 e. The number of halogens is 2. The summed E-state index contributed by atoms with van der Waals surface area (Å²) < 4.78 is 5.10. The number of amides is 2. The van der Waals surface area contributed by atoms with Gasteiger partial charge in [-0.1, -0.05) is 35.3 Å². The van der Waals surface area contributed by atoms with Crippen LogP contribution in [0.3, 0.4) is 0 Å². The molecule has 112 valence electrons. The van der Waals surface area contributed by atoms with Crippen molar-refractivity contribution in [3.8, 4) is 0 Å². The molecule has 5 nitrogen and oxygen atoms in total. The Morgan fingerprint density at radius 3 is 2.86 bits per heavy atom. The van der Waals surface area contributed by atoms with Crippen LogP contribution >= 0.6 is 23.2 Å². The first-order valence-electron chi connectivity index (χ1n) is 6.49. The second kappa shape index (κ2) is 6.18. The number of hydrogen-bond acceptors (Lipinski definition) is 3. The summed E-state index contributed by atoms with van der Waals surface area (Å²) in [6.45, 7) is 0.362. The Morgan fingerprint density at radius 2 is 2.05 bits per heavy atom. The highest BCUT2D eigenvalue weighted by Gasteiger charge is 2.27. The van der Waals surface area contributed by atoms with Gasteiger partial charge in [-0.05, 0) is 35.3 Å². The number of nitrogens with one attached hydrogen (secondary N) is 2. The van der Waals surface area contributed by atoms with E-state index in [0.717, 1.165) is 5.56 Å². The van der Waals surface area contributed by atoms with Crippen LogP contribution in [0.5, 0.6) is 0 Å². The van der Waals surface area contributed by atoms with Crippen LogP contribution in [0.25, 0.3) is 0 Å². The standard InChI is InChI=1S/C14H11BCl2N2O3/c16-11-2-1-3-12(13(11)17)19-14(20)18-9-5-4-8-7-22-15(21)10(8)6-9/h1-6,21H,7H2,(H2,18,19,20). The highest BCUT2D eigenvalue weighted by atomic mass is 35.5. The molecule has 0 atom stereocenters. The Kier molecular flexibility index (Phi) is 4.26. The van der Waals surface area contributed by atoms with Gasteiger partial charge in [-0.3, -0.25) is 0 Å². The van der Waals surface area contributed by atoms with E-state index in [9.17, 15) is 9.82 Å². The maximum atomic E-state index is 12.0. The van der Waals surface area contributed by atoms with Crippen LogP contribution in [0.4, 0.5) is 16.2 Å². The van der Waals surface area contributed by atoms with Gasteiger partial charge in [0.15, 0.2) is 0 Å². The zero-order valence-corrected chi connectivity index (χ0v) is 12.8. The molecule has 22 heavy (non-hydrogen) atoms. The van der Waals surface area contributed by atoms with E-state index in [1.54, 1.807) is 36.4 Å². The van der Waals surface area contributed by atoms with E-state index in [4.69, 9.17) is 27.9 Å². The van der Waals surface area contributed by atoms with Crippen molar-refractivity contribution in [2.75, 3.05) is 10.6 Å². The van der Waals surface area contributed by atoms with Crippen LogP contribution in [-0.4, -0.2) is 18.2 Å². The molecule has 1 aliphatic rings. The SMILES string of the molecule is O=C(Nc1ccc2c(c1)B(O)OC2)Nc1cccc(Cl)c1Cl. The van der Waals surface area contributed by atoms with Crippen molar-refractivity contribution >= 4 is 53.2 Å². The van der Waals surface area contributed by atoms with Crippen molar-refractivity contribution in [3.05, 3.63) is 52.0 Å². The van der Waals surface area contributed by atoms with Crippen LogP contribution in [0.2, 0.25) is 10.0 Å². The highest BCUT2D eigenvalue weighted by molar-refractivity contribution is 6.61. The van der Waals surface area contributed by atoms with E-state index in [0.29, 0.717) is 28.5 Å². The Labute approximate surface area is 137 Å². The molecule has 1 aliphatic heterocycles. The van der Waals surface area contributed by atoms with Gasteiger partial charge in [0.05, 0.1) is 22.3 Å². The third-order valence-corrected chi connectivity index (χ3v) is 4.09. The summed E-state index contributed by atoms with van der Waals surface area (Å²) in [6, 6.07) is 9.71. The predicted octanol–water partition coefficient (Wildman–Crippen LogP) is 2.86. The van der Waals surface area contributed by atoms with Crippen LogP contribution in [-0.2, 0) is 11.3 Å². The molecule has 0 fully saturated rings. The minimum absolute atomic E-state index is 0.275. The minimum atomic E-state index is -0.956. The maximum absolute atomic E-state index is 12.0. The zero-order chi connectivity index (χ0) is 15.7. The predicted molar refractivity (Wildman–Crippen MR) is 87.9 cm³/mol. The normalized spacial score (nSPS) is 13.0. The van der Waals surface area contributed by atoms with E-state index in [2.05, 4.69) is 10.6 Å². The summed E-state index contributed by atoms with van der Waals surface area (Å²) in [4.78, 5) is 12.0. The number of anilines is 2. The molecule has 2 amide bonds. The Hall–Kier alpha value is -1.73. The van der Waals surface area contributed by atoms with Gasteiger partial charge in [-0.15, -0.1) is 0 Å². The van der Waals surface area contributed by atoms with Crippen molar-refractivity contribution in [2.45, 2.75) is 6.61 Å². The average Bonchev–Trinajstić information content (AvgIpc) is 2.85. The largest absolute Gasteiger partial charge is 0.491 e. The lowest BCUT2D eigenvalue weighted by Gasteiger charge is -2.10. The third kappa shape index (κ3) is 3.05. The van der Waals surface area contributed by atoms with Crippen molar-refractivity contribution in [1.82, 2.24) is 0 Å². The molecule has 0 spiro atoms. The number of urea groups is 1. The van der Waals surface area contributed by atoms with Gasteiger partial charge in [0, 0.05) is 5.69 Å². The van der Waals surface area contributed by atoms with Gasteiger partial charge in [0.25, 0.3) is 0 Å². The molecule has 1 heterocycles. The lowest BCUT2D eigenvalue weighted by Crippen LogP contribution is -2.29. The Bertz CT molecular complexity index is 742. The fourth-order valence-corrected chi connectivity index (χ4v) is 2.53. The molecule has 0 aliphatic carbocycles. The molecule has 0 saturated heterocycles. The molecule has 0 radical (unpaired) electrons. The number of carbonyl (C=O) groups excluding carboxylic acids is 1. The van der Waals surface area contributed by atoms with Gasteiger partial charge in [0.1, 0.15) is 0 Å². The summed E-state index contributed by atoms with van der Waals surface area (Å²) in [7, 11) is -0.956. The molecular weight excluding hydrogens is 326 g/mol. The number of hydrogen-bond donors (Lipinski definition) is 3. The summed E-state index contributed by atoms with van der Waals surface area (Å²) in [5, 5.41) is 15.6. The van der Waals surface area contributed by atoms with Crippen LogP contribution in [0, 0.1) is 0 Å². The molecule has 0 aromatic heterocycles. The summed E-state index contributed by atoms with van der Waals surface area (Å²) in [5.74, 6) is 0. The van der Waals surface area contributed by atoms with E-state index >= 15 is 0 Å². The molecule has 0 unspecified atom stereocenters. The number of fused-ring (bicyclic) bond motifs is 1. The first-order valence-corrected chi connectivity index (χ1v) is 7.24. The van der Waals surface area contributed by atoms with Crippen molar-refractivity contribution < 1.29 is 14.5 Å². The summed E-state index contributed by atoms with van der Waals surface area (Å²) >= 11 is 11.9. The first-order chi connectivity index (χ1) is 10.5. The van der Waals surface area contributed by atoms with Gasteiger partial charge in [-0.25, -0.2) is 4.79 Å². The second-order valence-corrected chi connectivity index (χ2v) is 5.54. The number of benzene rings is 2. The second-order valence-electron chi connectivity index (χ2n) is 4.76. The molecular formula is C14H11BCl2N2O3. The average molecular weight is 337 g/mol. The quantitative estimate of drug-likeness (QED) is 0.738. The van der Waals surface area contributed by atoms with E-state index in [1.807, 2.05) is 0 Å². The third-order valence-electron chi connectivity index (χ3n) is 3.27. The summed E-state index contributed by atoms with van der Waals surface area (Å²) in [6.07, 6.45) is 0. The van der Waals surface area contributed by atoms with Crippen LogP contribution in [0.1, 0.15) is 5.56 Å². The van der Waals surface area contributed by atoms with Crippen molar-refractivity contribution in [2.24, 2.45) is 0 Å². The monoisotopic (exact) mass is 336 g/mol. The number of carbonyl (C=O) groups is 1. The fourth-order valence-electron chi connectivity index (χ4n) is 2.18. The van der Waals surface area contributed by atoms with Gasteiger partial charge < -0.3 is 20.3 Å². The van der Waals surface area contributed by atoms with E-state index in [1.165, 1.54) is 0 Å². The van der Waals surface area contributed by atoms with Crippen LogP contribution in [0.15, 0.2) is 36.4 Å². The lowest BCUT2D eigenvalue weighted by atomic mass is 9.79. The van der Waals surface area contributed by atoms with E-state index in [-0.39, 0.29) is 5.02 Å². The van der Waals surface area contributed by atoms with Gasteiger partial charge in [0.2, 0.25) is 0 Å². The van der Waals surface area contributed by atoms with Gasteiger partial charge >= 0.3 is 13.1 Å². The molecule has 3 rings (SSSR count). The molecule has 0 saturated carbocycles. The van der Waals surface area contributed by atoms with Crippen molar-refractivity contribution in [3.63, 3.8) is 0 Å². The topological polar surface area (TPSA) is 70.6 Å². The molecule has 3 N–H and O–H groups in total. The van der Waals surface area contributed by atoms with Crippen LogP contribution < -0.4 is 16.1 Å². The molecule has 0 bridgehead atoms. The number of rotatable bonds is 2. The van der Waals surface area contributed by atoms with Gasteiger partial charge in [-0.2, -0.15) is 0 Å². The zero-order valence-electron chi connectivity index (χ0n) is 11.3. The highest BCUT2D eigenvalue weighted by Crippen LogP contribution is 2.29. The smallest absolute Gasteiger partial charge is 0.423 e. The Balaban J connectivity index is 1.72. The van der Waals surface area contributed by atoms with Crippen molar-refractivity contribution in [1.29, 1.82) is 0 Å². The fraction of sp³-hybridized carbons (Fsp3) is 0.0714. The molecule has 8 heteroatoms. The maximum Gasteiger partial charge on any atom is 0.491 e. The summed E-state index contributed by atoms with van der Waals surface area (Å²) in [5.41, 5.74) is 2.50. The first kappa shape index (κ1) is 15.2. The lowest BCUT2D eigenvalue weighted by molar-refractivity contribution is 0.262.